The van der Waals surface area contributed by atoms with Gasteiger partial charge in [-0.15, -0.1) is 24.8 Å². The van der Waals surface area contributed by atoms with Crippen LogP contribution in [0.5, 0.6) is 5.75 Å². The predicted octanol–water partition coefficient (Wildman–Crippen LogP) is 2.64. The summed E-state index contributed by atoms with van der Waals surface area (Å²) in [6.45, 7) is 0. The van der Waals surface area contributed by atoms with Crippen molar-refractivity contribution < 1.29 is 9.94 Å². The number of ether oxygens (including phenoxy) is 1. The van der Waals surface area contributed by atoms with Crippen LogP contribution in [0.2, 0.25) is 0 Å². The van der Waals surface area contributed by atoms with Crippen LogP contribution in [0.3, 0.4) is 0 Å². The molecule has 1 aliphatic carbocycles. The van der Waals surface area contributed by atoms with E-state index in [1.165, 1.54) is 5.56 Å². The summed E-state index contributed by atoms with van der Waals surface area (Å²) in [5, 5.41) is 12.7. The summed E-state index contributed by atoms with van der Waals surface area (Å²) in [7, 11) is 1.56. The summed E-state index contributed by atoms with van der Waals surface area (Å²) in [6, 6.07) is 15.2. The number of fused-ring (bicyclic) bond motifs is 1. The van der Waals surface area contributed by atoms with E-state index >= 15 is 0 Å². The van der Waals surface area contributed by atoms with E-state index < -0.39 is 5.54 Å². The topological polar surface area (TPSA) is 131 Å². The van der Waals surface area contributed by atoms with Gasteiger partial charge >= 0.3 is 0 Å². The molecule has 10 heteroatoms. The number of aliphatic imine (C=N–C) groups is 3. The lowest BCUT2D eigenvalue weighted by atomic mass is 9.88. The highest BCUT2D eigenvalue weighted by atomic mass is 35.5. The van der Waals surface area contributed by atoms with E-state index in [9.17, 15) is 5.21 Å². The Bertz CT molecular complexity index is 1070. The average molecular weight is 449 g/mol. The molecule has 1 unspecified atom stereocenters. The molecule has 0 saturated heterocycles. The molecule has 1 aliphatic heterocycles. The Morgan fingerprint density at radius 3 is 2.63 bits per heavy atom. The fourth-order valence-electron chi connectivity index (χ4n) is 3.63. The Morgan fingerprint density at radius 2 is 1.90 bits per heavy atom. The summed E-state index contributed by atoms with van der Waals surface area (Å²) in [5.74, 6) is 0.706. The molecular weight excluding hydrogens is 427 g/mol. The van der Waals surface area contributed by atoms with Crippen molar-refractivity contribution in [3.8, 4) is 5.75 Å². The van der Waals surface area contributed by atoms with Crippen molar-refractivity contribution >= 4 is 48.2 Å². The smallest absolute Gasteiger partial charge is 0.219 e. The number of nitrogens with zero attached hydrogens (tertiary/aromatic N) is 4. The number of oxime groups is 1. The van der Waals surface area contributed by atoms with Gasteiger partial charge in [-0.1, -0.05) is 41.6 Å². The van der Waals surface area contributed by atoms with Gasteiger partial charge in [0.25, 0.3) is 0 Å². The van der Waals surface area contributed by atoms with E-state index in [0.717, 1.165) is 24.1 Å². The molecule has 0 fully saturated rings. The number of hydrogen-bond acceptors (Lipinski definition) is 7. The summed E-state index contributed by atoms with van der Waals surface area (Å²) < 4.78 is 5.32. The summed E-state index contributed by atoms with van der Waals surface area (Å²) in [4.78, 5) is 13.5. The molecular formula is C20H22Cl2N6O2. The minimum absolute atomic E-state index is 0. The van der Waals surface area contributed by atoms with Gasteiger partial charge in [-0.2, -0.15) is 4.99 Å². The number of guanidine groups is 1. The largest absolute Gasteiger partial charge is 0.497 e. The van der Waals surface area contributed by atoms with Crippen LogP contribution in [0.1, 0.15) is 23.1 Å². The second kappa shape index (κ2) is 9.15. The lowest BCUT2D eigenvalue weighted by Crippen LogP contribution is -2.45. The second-order valence-electron chi connectivity index (χ2n) is 6.55. The maximum absolute atomic E-state index is 9.49. The lowest BCUT2D eigenvalue weighted by molar-refractivity contribution is 0.314. The fourth-order valence-corrected chi connectivity index (χ4v) is 3.63. The Kier molecular flexibility index (Phi) is 7.07. The monoisotopic (exact) mass is 448 g/mol. The van der Waals surface area contributed by atoms with E-state index in [-0.39, 0.29) is 42.4 Å². The van der Waals surface area contributed by atoms with Gasteiger partial charge in [-0.05, 0) is 41.7 Å². The third-order valence-corrected chi connectivity index (χ3v) is 4.99. The highest BCUT2D eigenvalue weighted by molar-refractivity contribution is 6.24. The number of amidine groups is 2. The van der Waals surface area contributed by atoms with Crippen LogP contribution in [0.15, 0.2) is 68.7 Å². The first-order valence-electron chi connectivity index (χ1n) is 8.81. The van der Waals surface area contributed by atoms with Gasteiger partial charge in [0.15, 0.2) is 11.7 Å². The molecule has 0 saturated carbocycles. The third-order valence-electron chi connectivity index (χ3n) is 4.99. The first kappa shape index (κ1) is 23.2. The second-order valence-corrected chi connectivity index (χ2v) is 6.55. The summed E-state index contributed by atoms with van der Waals surface area (Å²) in [6.07, 6.45) is 1.66. The molecule has 4 rings (SSSR count). The van der Waals surface area contributed by atoms with Gasteiger partial charge in [0.1, 0.15) is 5.75 Å². The zero-order valence-corrected chi connectivity index (χ0v) is 17.8. The van der Waals surface area contributed by atoms with Crippen molar-refractivity contribution in [3.63, 3.8) is 0 Å². The van der Waals surface area contributed by atoms with Gasteiger partial charge in [-0.3, -0.25) is 0 Å². The number of nitrogens with two attached hydrogens (primary N) is 2. The molecule has 0 spiro atoms. The van der Waals surface area contributed by atoms with Crippen LogP contribution in [-0.2, 0) is 12.0 Å². The van der Waals surface area contributed by atoms with Crippen LogP contribution in [0.4, 0.5) is 0 Å². The maximum atomic E-state index is 9.49. The quantitative estimate of drug-likeness (QED) is 0.288. The van der Waals surface area contributed by atoms with Gasteiger partial charge in [0.2, 0.25) is 11.5 Å². The van der Waals surface area contributed by atoms with Crippen LogP contribution in [0, 0.1) is 0 Å². The van der Waals surface area contributed by atoms with Crippen molar-refractivity contribution in [3.05, 3.63) is 65.2 Å². The SMILES string of the molecule is COc1cccc(C2(C(N)=NO)N=C(N)N=C2N=C2CCc3ccccc32)c1.Cl.Cl. The normalized spacial score (nSPS) is 21.2. The molecule has 2 aromatic carbocycles. The Morgan fingerprint density at radius 1 is 1.13 bits per heavy atom. The zero-order valence-electron chi connectivity index (χ0n) is 16.1. The van der Waals surface area contributed by atoms with Gasteiger partial charge in [0.05, 0.1) is 12.8 Å². The number of aryl methyl sites for hydroxylation is 1. The van der Waals surface area contributed by atoms with Crippen LogP contribution in [-0.4, -0.2) is 35.7 Å². The summed E-state index contributed by atoms with van der Waals surface area (Å²) in [5.41, 5.74) is 14.4. The van der Waals surface area contributed by atoms with Crippen LogP contribution < -0.4 is 16.2 Å². The molecule has 0 bridgehead atoms. The molecule has 0 amide bonds. The van der Waals surface area contributed by atoms with Crippen molar-refractivity contribution in [2.45, 2.75) is 18.4 Å². The van der Waals surface area contributed by atoms with E-state index in [1.54, 1.807) is 31.4 Å². The molecule has 1 heterocycles. The highest BCUT2D eigenvalue weighted by Crippen LogP contribution is 2.35. The van der Waals surface area contributed by atoms with Crippen LogP contribution >= 0.6 is 24.8 Å². The maximum Gasteiger partial charge on any atom is 0.219 e. The molecule has 0 radical (unpaired) electrons. The Labute approximate surface area is 186 Å². The number of methoxy groups -OCH3 is 1. The zero-order chi connectivity index (χ0) is 19.7. The standard InChI is InChI=1S/C20H20N6O2.2ClH/c1-28-14-7-4-6-13(11-14)20(17(21)26-27)18(24-19(22)25-20)23-16-10-9-12-5-2-3-8-15(12)16;;/h2-8,11,27H,9-10H2,1H3,(H2,21,26)(H2,22,25);2*1H. The first-order chi connectivity index (χ1) is 13.6. The highest BCUT2D eigenvalue weighted by Gasteiger charge is 2.47. The van der Waals surface area contributed by atoms with E-state index in [0.29, 0.717) is 11.3 Å². The van der Waals surface area contributed by atoms with Crippen molar-refractivity contribution in [2.75, 3.05) is 7.11 Å². The molecule has 30 heavy (non-hydrogen) atoms. The first-order valence-corrected chi connectivity index (χ1v) is 8.81. The summed E-state index contributed by atoms with van der Waals surface area (Å²) >= 11 is 0. The number of benzene rings is 2. The van der Waals surface area contributed by atoms with Crippen molar-refractivity contribution in [1.82, 2.24) is 0 Å². The average Bonchev–Trinajstić information content (AvgIpc) is 3.29. The Hall–Kier alpha value is -3.10. The molecule has 8 nitrogen and oxygen atoms in total. The van der Waals surface area contributed by atoms with E-state index in [2.05, 4.69) is 21.2 Å². The molecule has 0 aromatic heterocycles. The number of halogens is 2. The fraction of sp³-hybridized carbons (Fsp3) is 0.200. The van der Waals surface area contributed by atoms with E-state index in [4.69, 9.17) is 21.2 Å². The van der Waals surface area contributed by atoms with E-state index in [1.807, 2.05) is 18.2 Å². The predicted molar refractivity (Wildman–Crippen MR) is 123 cm³/mol. The molecule has 2 aliphatic rings. The minimum atomic E-state index is -1.42. The van der Waals surface area contributed by atoms with Crippen LogP contribution in [0.25, 0.3) is 0 Å². The van der Waals surface area contributed by atoms with Gasteiger partial charge < -0.3 is 21.4 Å². The number of rotatable bonds is 3. The minimum Gasteiger partial charge on any atom is -0.497 e. The van der Waals surface area contributed by atoms with Crippen molar-refractivity contribution in [2.24, 2.45) is 31.6 Å². The molecule has 1 atom stereocenters. The molecule has 2 aromatic rings. The molecule has 5 N–H and O–H groups in total. The Balaban J connectivity index is 0.00000160. The third kappa shape index (κ3) is 3.71. The molecule has 158 valence electrons. The lowest BCUT2D eigenvalue weighted by Gasteiger charge is -2.25. The van der Waals surface area contributed by atoms with Crippen molar-refractivity contribution in [1.29, 1.82) is 0 Å². The number of hydrogen-bond donors (Lipinski definition) is 3. The van der Waals surface area contributed by atoms with Gasteiger partial charge in [-0.25, -0.2) is 9.98 Å². The van der Waals surface area contributed by atoms with Gasteiger partial charge in [0, 0.05) is 0 Å².